The minimum atomic E-state index is -0.690. The van der Waals surface area contributed by atoms with Gasteiger partial charge in [0.1, 0.15) is 18.0 Å². The monoisotopic (exact) mass is 717 g/mol. The van der Waals surface area contributed by atoms with E-state index in [0.717, 1.165) is 10.0 Å². The van der Waals surface area contributed by atoms with Gasteiger partial charge in [-0.05, 0) is 73.5 Å². The molecule has 10 nitrogen and oxygen atoms in total. The van der Waals surface area contributed by atoms with E-state index in [1.54, 1.807) is 0 Å². The molecular weight excluding hydrogens is 698 g/mol. The van der Waals surface area contributed by atoms with E-state index in [9.17, 15) is 29.3 Å². The molecule has 0 N–H and O–H groups in total. The minimum Gasteiger partial charge on any atom is -0.457 e. The number of halogens is 3. The Morgan fingerprint density at radius 1 is 0.857 bits per heavy atom. The number of hydrogen-bond donors (Lipinski definition) is 0. The van der Waals surface area contributed by atoms with Crippen molar-refractivity contribution in [3.05, 3.63) is 99.1 Å². The normalized spacial score (nSPS) is 21.5. The predicted octanol–water partition coefficient (Wildman–Crippen LogP) is 6.20. The topological polar surface area (TPSA) is 127 Å². The van der Waals surface area contributed by atoms with Crippen LogP contribution in [0.25, 0.3) is 0 Å². The van der Waals surface area contributed by atoms with E-state index in [1.807, 2.05) is 0 Å². The first-order valence-electron chi connectivity index (χ1n) is 12.8. The molecule has 0 unspecified atom stereocenters. The van der Waals surface area contributed by atoms with E-state index in [1.165, 1.54) is 72.8 Å². The Morgan fingerprint density at radius 2 is 1.33 bits per heavy atom. The van der Waals surface area contributed by atoms with Crippen LogP contribution in [0.2, 0.25) is 5.02 Å². The lowest BCUT2D eigenvalue weighted by molar-refractivity contribution is -0.384. The summed E-state index contributed by atoms with van der Waals surface area (Å²) in [5, 5.41) is 13.0. The van der Waals surface area contributed by atoms with E-state index < -0.39 is 46.8 Å². The number of ketones is 1. The zero-order valence-electron chi connectivity index (χ0n) is 21.7. The number of nitro benzene ring substituents is 1. The summed E-state index contributed by atoms with van der Waals surface area (Å²) in [4.78, 5) is 64.4. The third-order valence-electron chi connectivity index (χ3n) is 7.21. The number of carbonyl (C=O) groups is 4. The summed E-state index contributed by atoms with van der Waals surface area (Å²) in [6.45, 7) is -0.559. The maximum atomic E-state index is 13.7. The average molecular weight is 720 g/mol. The van der Waals surface area contributed by atoms with Gasteiger partial charge in [-0.2, -0.15) is 5.01 Å². The summed E-state index contributed by atoms with van der Waals surface area (Å²) >= 11 is 13.1. The zero-order chi connectivity index (χ0) is 30.1. The molecule has 13 heteroatoms. The number of hydrogen-bond acceptors (Lipinski definition) is 7. The second kappa shape index (κ2) is 12.3. The number of rotatable bonds is 8. The van der Waals surface area contributed by atoms with Crippen molar-refractivity contribution in [2.24, 2.45) is 11.8 Å². The first-order chi connectivity index (χ1) is 20.0. The Balaban J connectivity index is 1.38. The fraction of sp³-hybridized carbons (Fsp3) is 0.241. The second-order valence-corrected chi connectivity index (χ2v) is 12.7. The van der Waals surface area contributed by atoms with Gasteiger partial charge in [0.2, 0.25) is 0 Å². The van der Waals surface area contributed by atoms with Gasteiger partial charge in [-0.3, -0.25) is 29.3 Å². The third-order valence-corrected chi connectivity index (χ3v) is 10.2. The molecule has 1 heterocycles. The molecule has 2 fully saturated rings. The van der Waals surface area contributed by atoms with E-state index in [0.29, 0.717) is 29.4 Å². The number of fused-ring (bicyclic) bond motifs is 1. The lowest BCUT2D eigenvalue weighted by Crippen LogP contribution is -2.52. The van der Waals surface area contributed by atoms with E-state index in [-0.39, 0.29) is 26.5 Å². The Morgan fingerprint density at radius 3 is 1.83 bits per heavy atom. The summed E-state index contributed by atoms with van der Waals surface area (Å²) in [6, 6.07) is 17.5. The maximum Gasteiger partial charge on any atom is 0.273 e. The fourth-order valence-corrected chi connectivity index (χ4v) is 6.36. The van der Waals surface area contributed by atoms with Gasteiger partial charge in [-0.25, -0.2) is 5.01 Å². The van der Waals surface area contributed by atoms with Crippen LogP contribution in [0.3, 0.4) is 0 Å². The number of carbonyl (C=O) groups excluding carboxylic acids is 4. The Kier molecular flexibility index (Phi) is 8.76. The van der Waals surface area contributed by atoms with Crippen molar-refractivity contribution in [2.75, 3.05) is 6.54 Å². The van der Waals surface area contributed by atoms with Gasteiger partial charge in [0.05, 0.1) is 16.8 Å². The highest BCUT2D eigenvalue weighted by molar-refractivity contribution is 9.12. The molecule has 1 aliphatic heterocycles. The van der Waals surface area contributed by atoms with Crippen molar-refractivity contribution >= 4 is 72.7 Å². The molecule has 3 amide bonds. The lowest BCUT2D eigenvalue weighted by atomic mass is 9.81. The van der Waals surface area contributed by atoms with Gasteiger partial charge in [0.25, 0.3) is 23.4 Å². The molecule has 1 aliphatic carbocycles. The molecule has 42 heavy (non-hydrogen) atoms. The molecule has 1 saturated carbocycles. The first kappa shape index (κ1) is 29.9. The van der Waals surface area contributed by atoms with Gasteiger partial charge >= 0.3 is 0 Å². The van der Waals surface area contributed by atoms with Crippen LogP contribution in [-0.2, 0) is 9.59 Å². The van der Waals surface area contributed by atoms with Crippen molar-refractivity contribution < 1.29 is 28.8 Å². The highest BCUT2D eigenvalue weighted by atomic mass is 79.9. The third kappa shape index (κ3) is 6.11. The van der Waals surface area contributed by atoms with Crippen molar-refractivity contribution in [3.8, 4) is 11.5 Å². The average Bonchev–Trinajstić information content (AvgIpc) is 3.20. The van der Waals surface area contributed by atoms with Gasteiger partial charge in [0, 0.05) is 37.9 Å². The number of nitrogens with zero attached hydrogens (tertiary/aromatic N) is 3. The van der Waals surface area contributed by atoms with Crippen molar-refractivity contribution in [2.45, 2.75) is 22.5 Å². The van der Waals surface area contributed by atoms with Gasteiger partial charge < -0.3 is 4.74 Å². The number of alkyl halides is 2. The fourth-order valence-electron chi connectivity index (χ4n) is 5.00. The highest BCUT2D eigenvalue weighted by Crippen LogP contribution is 2.43. The SMILES string of the molecule is O=C(CN(C(=O)c1ccc(Cl)cc1)N1C(=O)[C@H]2C[C@H](Br)[C@@H](Br)C[C@H]2C1=O)c1ccc(Oc2ccc([N+](=O)[O-])cc2)cc1. The van der Waals surface area contributed by atoms with Crippen molar-refractivity contribution in [3.63, 3.8) is 0 Å². The van der Waals surface area contributed by atoms with Crippen LogP contribution in [0.5, 0.6) is 11.5 Å². The number of amides is 3. The molecule has 0 radical (unpaired) electrons. The Labute approximate surface area is 261 Å². The largest absolute Gasteiger partial charge is 0.457 e. The number of hydrazine groups is 1. The predicted molar refractivity (Wildman–Crippen MR) is 160 cm³/mol. The van der Waals surface area contributed by atoms with Gasteiger partial charge in [-0.1, -0.05) is 43.5 Å². The maximum absolute atomic E-state index is 13.7. The van der Waals surface area contributed by atoms with Crippen LogP contribution >= 0.6 is 43.5 Å². The molecule has 0 aromatic heterocycles. The molecule has 2 aliphatic rings. The van der Waals surface area contributed by atoms with Gasteiger partial charge in [-0.15, -0.1) is 0 Å². The van der Waals surface area contributed by atoms with Crippen LogP contribution < -0.4 is 4.74 Å². The molecule has 0 spiro atoms. The second-order valence-electron chi connectivity index (χ2n) is 9.87. The van der Waals surface area contributed by atoms with Crippen LogP contribution in [-0.4, -0.2) is 54.6 Å². The molecule has 3 aromatic carbocycles. The van der Waals surface area contributed by atoms with Crippen LogP contribution in [0, 0.1) is 22.0 Å². The van der Waals surface area contributed by atoms with E-state index in [4.69, 9.17) is 16.3 Å². The Hall–Kier alpha value is -3.61. The summed E-state index contributed by atoms with van der Waals surface area (Å²) in [5.41, 5.74) is 0.304. The number of nitro groups is 1. The molecule has 1 saturated heterocycles. The zero-order valence-corrected chi connectivity index (χ0v) is 25.6. The van der Waals surface area contributed by atoms with Crippen LogP contribution in [0.15, 0.2) is 72.8 Å². The smallest absolute Gasteiger partial charge is 0.273 e. The van der Waals surface area contributed by atoms with Gasteiger partial charge in [0.15, 0.2) is 5.78 Å². The molecule has 0 bridgehead atoms. The highest BCUT2D eigenvalue weighted by Gasteiger charge is 2.54. The molecular formula is C29H22Br2ClN3O7. The summed E-state index contributed by atoms with van der Waals surface area (Å²) < 4.78 is 5.70. The first-order valence-corrected chi connectivity index (χ1v) is 15.0. The molecule has 5 rings (SSSR count). The van der Waals surface area contributed by atoms with Crippen LogP contribution in [0.1, 0.15) is 33.6 Å². The number of Topliss-reactive ketones (excluding diaryl/α,β-unsaturated/α-hetero) is 1. The standard InChI is InChI=1S/C29H22Br2ClN3O7/c30-24-13-22-23(14-25(24)31)29(39)34(28(22)38)33(27(37)17-1-5-18(32)6-2-17)15-26(36)16-3-9-20(10-4-16)42-21-11-7-19(8-12-21)35(40)41/h1-12,22-25H,13-15H2/t22-,23+,24-,25-/m0/s1. The number of benzene rings is 3. The van der Waals surface area contributed by atoms with Crippen molar-refractivity contribution in [1.29, 1.82) is 0 Å². The number of ether oxygens (including phenoxy) is 1. The summed E-state index contributed by atoms with van der Waals surface area (Å²) in [5.74, 6) is -2.72. The van der Waals surface area contributed by atoms with Crippen molar-refractivity contribution in [1.82, 2.24) is 10.0 Å². The molecule has 216 valence electrons. The van der Waals surface area contributed by atoms with E-state index in [2.05, 4.69) is 31.9 Å². The summed E-state index contributed by atoms with van der Waals surface area (Å²) in [7, 11) is 0. The number of non-ortho nitro benzene ring substituents is 1. The molecule has 3 aromatic rings. The lowest BCUT2D eigenvalue weighted by Gasteiger charge is -2.30. The summed E-state index contributed by atoms with van der Waals surface area (Å²) in [6.07, 6.45) is 0.823. The quantitative estimate of drug-likeness (QED) is 0.0892. The number of imide groups is 1. The van der Waals surface area contributed by atoms with Crippen LogP contribution in [0.4, 0.5) is 5.69 Å². The minimum absolute atomic E-state index is 0.0239. The Bertz CT molecular complexity index is 1520. The van der Waals surface area contributed by atoms with E-state index >= 15 is 0 Å². The molecule has 4 atom stereocenters.